The number of nitrogens with two attached hydrogens (primary N) is 1. The van der Waals surface area contributed by atoms with Crippen LogP contribution in [0.3, 0.4) is 0 Å². The van der Waals surface area contributed by atoms with E-state index in [1.165, 1.54) is 0 Å². The van der Waals surface area contributed by atoms with E-state index in [9.17, 15) is 9.59 Å². The molecule has 0 radical (unpaired) electrons. The topological polar surface area (TPSA) is 92.4 Å². The van der Waals surface area contributed by atoms with E-state index in [0.29, 0.717) is 36.1 Å². The molecule has 36 heavy (non-hydrogen) atoms. The van der Waals surface area contributed by atoms with E-state index in [4.69, 9.17) is 5.73 Å². The van der Waals surface area contributed by atoms with Crippen molar-refractivity contribution in [2.24, 2.45) is 5.92 Å². The lowest BCUT2D eigenvalue weighted by Gasteiger charge is -2.29. The van der Waals surface area contributed by atoms with Gasteiger partial charge >= 0.3 is 0 Å². The van der Waals surface area contributed by atoms with Gasteiger partial charge in [0, 0.05) is 31.1 Å². The number of carbonyl (C=O) groups is 2. The number of amides is 2. The van der Waals surface area contributed by atoms with Crippen LogP contribution in [-0.2, 0) is 17.9 Å². The van der Waals surface area contributed by atoms with Crippen molar-refractivity contribution in [3.63, 3.8) is 0 Å². The molecule has 7 heteroatoms. The molecule has 0 saturated carbocycles. The number of allylic oxidation sites excluding steroid dienone is 3. The molecular formula is C29H29N5O2. The van der Waals surface area contributed by atoms with E-state index < -0.39 is 0 Å². The maximum atomic E-state index is 13.6. The summed E-state index contributed by atoms with van der Waals surface area (Å²) in [6, 6.07) is 14.1. The molecule has 1 aliphatic carbocycles. The highest BCUT2D eigenvalue weighted by molar-refractivity contribution is 6.06. The SMILES string of the molecule is CC1CCCN1C(=O)C1CC=CC=C1c1ccc2nc(N)nc(C(=O)N3Cc4ccccc4C3)c2c1. The molecule has 2 atom stereocenters. The van der Waals surface area contributed by atoms with Gasteiger partial charge in [0.1, 0.15) is 5.69 Å². The molecule has 2 unspecified atom stereocenters. The van der Waals surface area contributed by atoms with Gasteiger partial charge < -0.3 is 15.5 Å². The number of likely N-dealkylation sites (tertiary alicyclic amines) is 1. The van der Waals surface area contributed by atoms with Crippen molar-refractivity contribution < 1.29 is 9.59 Å². The molecule has 0 spiro atoms. The Labute approximate surface area is 210 Å². The van der Waals surface area contributed by atoms with Crippen LogP contribution in [0.25, 0.3) is 16.5 Å². The number of aromatic nitrogens is 2. The molecule has 2 aliphatic heterocycles. The Morgan fingerprint density at radius 2 is 1.83 bits per heavy atom. The van der Waals surface area contributed by atoms with Crippen LogP contribution in [0, 0.1) is 5.92 Å². The highest BCUT2D eigenvalue weighted by Crippen LogP contribution is 2.35. The van der Waals surface area contributed by atoms with Gasteiger partial charge in [-0.1, -0.05) is 48.6 Å². The third-order valence-electron chi connectivity index (χ3n) is 7.67. The highest BCUT2D eigenvalue weighted by atomic mass is 16.2. The summed E-state index contributed by atoms with van der Waals surface area (Å²) < 4.78 is 0. The Bertz CT molecular complexity index is 1420. The van der Waals surface area contributed by atoms with Gasteiger partial charge in [-0.3, -0.25) is 9.59 Å². The van der Waals surface area contributed by atoms with E-state index in [-0.39, 0.29) is 29.7 Å². The lowest BCUT2D eigenvalue weighted by molar-refractivity contribution is -0.134. The third-order valence-corrected chi connectivity index (χ3v) is 7.67. The lowest BCUT2D eigenvalue weighted by Crippen LogP contribution is -2.38. The predicted molar refractivity (Wildman–Crippen MR) is 140 cm³/mol. The molecule has 3 aliphatic rings. The van der Waals surface area contributed by atoms with Crippen LogP contribution in [0.4, 0.5) is 5.95 Å². The molecule has 6 rings (SSSR count). The lowest BCUT2D eigenvalue weighted by atomic mass is 9.85. The van der Waals surface area contributed by atoms with Crippen molar-refractivity contribution >= 4 is 34.2 Å². The minimum Gasteiger partial charge on any atom is -0.368 e. The second-order valence-corrected chi connectivity index (χ2v) is 9.95. The van der Waals surface area contributed by atoms with Crippen molar-refractivity contribution in [3.05, 3.63) is 83.1 Å². The third kappa shape index (κ3) is 3.85. The number of nitrogens with zero attached hydrogens (tertiary/aromatic N) is 4. The van der Waals surface area contributed by atoms with Gasteiger partial charge in [-0.25, -0.2) is 9.97 Å². The van der Waals surface area contributed by atoms with Gasteiger partial charge in [-0.05, 0) is 60.6 Å². The minimum atomic E-state index is -0.241. The van der Waals surface area contributed by atoms with Gasteiger partial charge in [-0.15, -0.1) is 0 Å². The fourth-order valence-corrected chi connectivity index (χ4v) is 5.74. The number of rotatable bonds is 3. The van der Waals surface area contributed by atoms with Gasteiger partial charge in [0.25, 0.3) is 5.91 Å². The highest BCUT2D eigenvalue weighted by Gasteiger charge is 2.33. The Hall–Kier alpha value is -4.00. The molecule has 2 aromatic carbocycles. The Balaban J connectivity index is 1.37. The largest absolute Gasteiger partial charge is 0.368 e. The van der Waals surface area contributed by atoms with Crippen LogP contribution >= 0.6 is 0 Å². The van der Waals surface area contributed by atoms with Crippen molar-refractivity contribution in [1.82, 2.24) is 19.8 Å². The smallest absolute Gasteiger partial charge is 0.273 e. The number of hydrogen-bond acceptors (Lipinski definition) is 5. The zero-order chi connectivity index (χ0) is 24.8. The van der Waals surface area contributed by atoms with E-state index >= 15 is 0 Å². The predicted octanol–water partition coefficient (Wildman–Crippen LogP) is 4.34. The molecule has 2 N–H and O–H groups in total. The molecule has 3 aromatic rings. The zero-order valence-electron chi connectivity index (χ0n) is 20.4. The first kappa shape index (κ1) is 22.5. The summed E-state index contributed by atoms with van der Waals surface area (Å²) in [5.41, 5.74) is 11.1. The summed E-state index contributed by atoms with van der Waals surface area (Å²) in [4.78, 5) is 39.7. The van der Waals surface area contributed by atoms with Crippen molar-refractivity contribution in [1.29, 1.82) is 0 Å². The van der Waals surface area contributed by atoms with E-state index in [2.05, 4.69) is 35.1 Å². The van der Waals surface area contributed by atoms with Crippen molar-refractivity contribution in [3.8, 4) is 0 Å². The monoisotopic (exact) mass is 479 g/mol. The number of fused-ring (bicyclic) bond motifs is 2. The minimum absolute atomic E-state index is 0.0752. The van der Waals surface area contributed by atoms with E-state index in [1.807, 2.05) is 47.4 Å². The van der Waals surface area contributed by atoms with Gasteiger partial charge in [0.05, 0.1) is 11.4 Å². The maximum Gasteiger partial charge on any atom is 0.273 e. The zero-order valence-corrected chi connectivity index (χ0v) is 20.4. The number of hydrogen-bond donors (Lipinski definition) is 1. The Morgan fingerprint density at radius 1 is 1.06 bits per heavy atom. The van der Waals surface area contributed by atoms with E-state index in [1.54, 1.807) is 4.90 Å². The van der Waals surface area contributed by atoms with Gasteiger partial charge in [-0.2, -0.15) is 0 Å². The normalized spacial score (nSPS) is 21.1. The van der Waals surface area contributed by atoms with Gasteiger partial charge in [0.2, 0.25) is 11.9 Å². The summed E-state index contributed by atoms with van der Waals surface area (Å²) in [5.74, 6) is -0.157. The molecule has 182 valence electrons. The van der Waals surface area contributed by atoms with Crippen LogP contribution in [0.1, 0.15) is 53.4 Å². The van der Waals surface area contributed by atoms with Crippen LogP contribution in [0.2, 0.25) is 0 Å². The summed E-state index contributed by atoms with van der Waals surface area (Å²) in [5, 5.41) is 0.652. The Morgan fingerprint density at radius 3 is 2.56 bits per heavy atom. The molecule has 7 nitrogen and oxygen atoms in total. The van der Waals surface area contributed by atoms with Crippen LogP contribution in [-0.4, -0.2) is 44.2 Å². The number of carbonyl (C=O) groups excluding carboxylic acids is 2. The van der Waals surface area contributed by atoms with Crippen molar-refractivity contribution in [2.75, 3.05) is 12.3 Å². The average Bonchev–Trinajstić information content (AvgIpc) is 3.53. The molecule has 1 aromatic heterocycles. The summed E-state index contributed by atoms with van der Waals surface area (Å²) in [7, 11) is 0. The standard InChI is InChI=1S/C29H29N5O2/c1-18-7-6-14-34(18)27(35)23-11-5-4-10-22(23)19-12-13-25-24(15-19)26(32-29(30)31-25)28(36)33-16-20-8-2-3-9-21(20)17-33/h2-5,8-10,12-13,15,18,23H,6-7,11,14,16-17H2,1H3,(H2,30,31,32). The average molecular weight is 480 g/mol. The molecular weight excluding hydrogens is 450 g/mol. The molecule has 2 amide bonds. The van der Waals surface area contributed by atoms with Crippen LogP contribution in [0.5, 0.6) is 0 Å². The summed E-state index contributed by atoms with van der Waals surface area (Å²) in [6.07, 6.45) is 8.84. The number of benzene rings is 2. The Kier molecular flexibility index (Phi) is 5.55. The van der Waals surface area contributed by atoms with Crippen molar-refractivity contribution in [2.45, 2.75) is 45.3 Å². The van der Waals surface area contributed by atoms with E-state index in [0.717, 1.165) is 41.6 Å². The van der Waals surface area contributed by atoms with Crippen LogP contribution < -0.4 is 5.73 Å². The molecule has 3 heterocycles. The quantitative estimate of drug-likeness (QED) is 0.603. The second kappa shape index (κ2) is 8.90. The van der Waals surface area contributed by atoms with Gasteiger partial charge in [0.15, 0.2) is 0 Å². The first-order valence-electron chi connectivity index (χ1n) is 12.6. The maximum absolute atomic E-state index is 13.6. The number of anilines is 1. The summed E-state index contributed by atoms with van der Waals surface area (Å²) >= 11 is 0. The fourth-order valence-electron chi connectivity index (χ4n) is 5.74. The molecule has 0 bridgehead atoms. The number of nitrogen functional groups attached to an aromatic ring is 1. The first-order valence-corrected chi connectivity index (χ1v) is 12.6. The fraction of sp³-hybridized carbons (Fsp3) is 0.310. The second-order valence-electron chi connectivity index (χ2n) is 9.95. The molecule has 1 saturated heterocycles. The summed E-state index contributed by atoms with van der Waals surface area (Å²) in [6.45, 7) is 4.02. The van der Waals surface area contributed by atoms with Crippen LogP contribution in [0.15, 0.2) is 60.7 Å². The molecule has 1 fully saturated rings. The first-order chi connectivity index (χ1) is 17.5.